The van der Waals surface area contributed by atoms with Crippen LogP contribution in [0.3, 0.4) is 0 Å². The average Bonchev–Trinajstić information content (AvgIpc) is 3.39. The van der Waals surface area contributed by atoms with Crippen LogP contribution >= 0.6 is 0 Å². The lowest BCUT2D eigenvalue weighted by Crippen LogP contribution is -2.48. The number of rotatable bonds is 8. The van der Waals surface area contributed by atoms with Crippen LogP contribution in [-0.2, 0) is 0 Å². The van der Waals surface area contributed by atoms with Gasteiger partial charge in [-0.2, -0.15) is 0 Å². The van der Waals surface area contributed by atoms with Crippen LogP contribution < -0.4 is 9.47 Å². The lowest BCUT2D eigenvalue weighted by atomic mass is 9.90. The van der Waals surface area contributed by atoms with Gasteiger partial charge in [0, 0.05) is 31.1 Å². The molecule has 1 aromatic heterocycles. The first-order chi connectivity index (χ1) is 13.1. The van der Waals surface area contributed by atoms with Crippen LogP contribution in [0.1, 0.15) is 54.3 Å². The van der Waals surface area contributed by atoms with Crippen LogP contribution in [0.15, 0.2) is 24.4 Å². The predicted octanol–water partition coefficient (Wildman–Crippen LogP) is 2.90. The third-order valence-electron chi connectivity index (χ3n) is 5.61. The van der Waals surface area contributed by atoms with Crippen molar-refractivity contribution in [1.82, 2.24) is 19.9 Å². The maximum atomic E-state index is 12.5. The summed E-state index contributed by atoms with van der Waals surface area (Å²) in [4.78, 5) is 14.8. The minimum atomic E-state index is 0.0955. The molecule has 2 heterocycles. The highest BCUT2D eigenvalue weighted by Crippen LogP contribution is 2.39. The van der Waals surface area contributed by atoms with E-state index in [0.717, 1.165) is 43.0 Å². The number of hydrogen-bond acceptors (Lipinski definition) is 6. The van der Waals surface area contributed by atoms with Gasteiger partial charge in [0.25, 0.3) is 0 Å². The van der Waals surface area contributed by atoms with Gasteiger partial charge in [-0.3, -0.25) is 9.69 Å². The van der Waals surface area contributed by atoms with Crippen molar-refractivity contribution in [1.29, 1.82) is 0 Å². The van der Waals surface area contributed by atoms with Gasteiger partial charge in [-0.05, 0) is 31.7 Å². The van der Waals surface area contributed by atoms with E-state index in [1.54, 1.807) is 20.4 Å². The number of Topliss-reactive ketones (excluding diaryl/α,β-unsaturated/α-hetero) is 1. The predicted molar refractivity (Wildman–Crippen MR) is 100 cm³/mol. The number of nitrogens with zero attached hydrogens (tertiary/aromatic N) is 4. The van der Waals surface area contributed by atoms with E-state index >= 15 is 0 Å². The normalized spacial score (nSPS) is 18.8. The molecule has 27 heavy (non-hydrogen) atoms. The Kier molecular flexibility index (Phi) is 4.86. The van der Waals surface area contributed by atoms with E-state index in [9.17, 15) is 4.79 Å². The monoisotopic (exact) mass is 370 g/mol. The molecule has 2 aromatic rings. The third-order valence-corrected chi connectivity index (χ3v) is 5.61. The summed E-state index contributed by atoms with van der Waals surface area (Å²) in [5, 5.41) is 8.13. The topological polar surface area (TPSA) is 69.5 Å². The standard InChI is InChI=1S/C20H26N4O3/c1-13(16-5-4-6-19(26-2)20(16)27-3)23-10-14(11-23)9-18(25)17-12-24(22-21-17)15-7-8-15/h4-6,12-15H,7-11H2,1-3H3/t13-/m1/s1. The molecule has 0 radical (unpaired) electrons. The Morgan fingerprint density at radius 3 is 2.70 bits per heavy atom. The summed E-state index contributed by atoms with van der Waals surface area (Å²) in [7, 11) is 3.32. The lowest BCUT2D eigenvalue weighted by Gasteiger charge is -2.43. The van der Waals surface area contributed by atoms with Gasteiger partial charge in [0.05, 0.1) is 26.5 Å². The number of benzene rings is 1. The number of likely N-dealkylation sites (tertiary alicyclic amines) is 1. The van der Waals surface area contributed by atoms with Crippen molar-refractivity contribution >= 4 is 5.78 Å². The second-order valence-electron chi connectivity index (χ2n) is 7.52. The average molecular weight is 370 g/mol. The molecule has 0 unspecified atom stereocenters. The van der Waals surface area contributed by atoms with E-state index in [1.165, 1.54) is 0 Å². The highest BCUT2D eigenvalue weighted by molar-refractivity contribution is 5.94. The van der Waals surface area contributed by atoms with E-state index < -0.39 is 0 Å². The smallest absolute Gasteiger partial charge is 0.185 e. The van der Waals surface area contributed by atoms with Gasteiger partial charge in [0.15, 0.2) is 17.3 Å². The quantitative estimate of drug-likeness (QED) is 0.666. The van der Waals surface area contributed by atoms with Crippen LogP contribution in [0.25, 0.3) is 0 Å². The van der Waals surface area contributed by atoms with Crippen molar-refractivity contribution in [3.8, 4) is 11.5 Å². The maximum absolute atomic E-state index is 12.5. The van der Waals surface area contributed by atoms with E-state index in [0.29, 0.717) is 24.1 Å². The lowest BCUT2D eigenvalue weighted by molar-refractivity contribution is 0.0493. The van der Waals surface area contributed by atoms with Crippen molar-refractivity contribution in [2.24, 2.45) is 5.92 Å². The molecule has 0 amide bonds. The number of aromatic nitrogens is 3. The van der Waals surface area contributed by atoms with Crippen molar-refractivity contribution in [2.75, 3.05) is 27.3 Å². The zero-order valence-corrected chi connectivity index (χ0v) is 16.1. The molecular weight excluding hydrogens is 344 g/mol. The molecule has 7 nitrogen and oxygen atoms in total. The van der Waals surface area contributed by atoms with Crippen LogP contribution in [0.4, 0.5) is 0 Å². The summed E-state index contributed by atoms with van der Waals surface area (Å²) in [6.45, 7) is 3.95. The molecule has 1 atom stereocenters. The molecule has 144 valence electrons. The molecule has 7 heteroatoms. The Bertz CT molecular complexity index is 824. The minimum Gasteiger partial charge on any atom is -0.493 e. The summed E-state index contributed by atoms with van der Waals surface area (Å²) in [5.74, 6) is 1.98. The molecule has 1 saturated heterocycles. The fraction of sp³-hybridized carbons (Fsp3) is 0.550. The van der Waals surface area contributed by atoms with E-state index in [4.69, 9.17) is 9.47 Å². The van der Waals surface area contributed by atoms with Crippen LogP contribution in [0.5, 0.6) is 11.5 Å². The molecule has 1 aromatic carbocycles. The third kappa shape index (κ3) is 3.56. The first kappa shape index (κ1) is 18.0. The van der Waals surface area contributed by atoms with Gasteiger partial charge in [0.2, 0.25) is 0 Å². The van der Waals surface area contributed by atoms with Crippen molar-refractivity contribution < 1.29 is 14.3 Å². The fourth-order valence-corrected chi connectivity index (χ4v) is 3.78. The summed E-state index contributed by atoms with van der Waals surface area (Å²) in [5.41, 5.74) is 1.61. The summed E-state index contributed by atoms with van der Waals surface area (Å²) < 4.78 is 12.8. The Balaban J connectivity index is 1.34. The van der Waals surface area contributed by atoms with Crippen LogP contribution in [-0.4, -0.2) is 53.0 Å². The second-order valence-corrected chi connectivity index (χ2v) is 7.52. The number of carbonyl (C=O) groups is 1. The molecule has 2 fully saturated rings. The largest absolute Gasteiger partial charge is 0.493 e. The zero-order chi connectivity index (χ0) is 19.0. The van der Waals surface area contributed by atoms with Gasteiger partial charge >= 0.3 is 0 Å². The van der Waals surface area contributed by atoms with Crippen molar-refractivity contribution in [3.05, 3.63) is 35.7 Å². The molecule has 1 aliphatic heterocycles. The first-order valence-corrected chi connectivity index (χ1v) is 9.50. The van der Waals surface area contributed by atoms with Crippen LogP contribution in [0.2, 0.25) is 0 Å². The number of para-hydroxylation sites is 1. The molecule has 4 rings (SSSR count). The van der Waals surface area contributed by atoms with Gasteiger partial charge < -0.3 is 9.47 Å². The molecule has 0 N–H and O–H groups in total. The molecule has 0 spiro atoms. The SMILES string of the molecule is COc1cccc([C@@H](C)N2CC(CC(=O)c3cn(C4CC4)nn3)C2)c1OC. The van der Waals surface area contributed by atoms with Crippen molar-refractivity contribution in [3.63, 3.8) is 0 Å². The number of ether oxygens (including phenoxy) is 2. The zero-order valence-electron chi connectivity index (χ0n) is 16.1. The highest BCUT2D eigenvalue weighted by atomic mass is 16.5. The molecule has 1 saturated carbocycles. The molecule has 1 aliphatic carbocycles. The Hall–Kier alpha value is -2.41. The van der Waals surface area contributed by atoms with Gasteiger partial charge in [0.1, 0.15) is 5.69 Å². The van der Waals surface area contributed by atoms with Crippen molar-refractivity contribution in [2.45, 2.75) is 38.3 Å². The molecule has 2 aliphatic rings. The molecular formula is C20H26N4O3. The highest BCUT2D eigenvalue weighted by Gasteiger charge is 2.34. The van der Waals surface area contributed by atoms with Crippen LogP contribution in [0, 0.1) is 5.92 Å². The van der Waals surface area contributed by atoms with E-state index in [1.807, 2.05) is 16.8 Å². The Morgan fingerprint density at radius 1 is 1.26 bits per heavy atom. The maximum Gasteiger partial charge on any atom is 0.185 e. The first-order valence-electron chi connectivity index (χ1n) is 9.50. The number of ketones is 1. The van der Waals surface area contributed by atoms with Gasteiger partial charge in [-0.25, -0.2) is 4.68 Å². The van der Waals surface area contributed by atoms with E-state index in [2.05, 4.69) is 28.2 Å². The fourth-order valence-electron chi connectivity index (χ4n) is 3.78. The van der Waals surface area contributed by atoms with Gasteiger partial charge in [-0.15, -0.1) is 5.10 Å². The summed E-state index contributed by atoms with van der Waals surface area (Å²) in [6.07, 6.45) is 4.61. The summed E-state index contributed by atoms with van der Waals surface area (Å²) in [6, 6.07) is 6.62. The minimum absolute atomic E-state index is 0.0955. The Morgan fingerprint density at radius 2 is 2.04 bits per heavy atom. The molecule has 0 bridgehead atoms. The number of carbonyl (C=O) groups excluding carboxylic acids is 1. The number of hydrogen-bond donors (Lipinski definition) is 0. The Labute approximate surface area is 159 Å². The number of methoxy groups -OCH3 is 2. The van der Waals surface area contributed by atoms with Gasteiger partial charge in [-0.1, -0.05) is 17.3 Å². The summed E-state index contributed by atoms with van der Waals surface area (Å²) >= 11 is 0. The second kappa shape index (κ2) is 7.31. The van der Waals surface area contributed by atoms with E-state index in [-0.39, 0.29) is 11.8 Å².